The van der Waals surface area contributed by atoms with Gasteiger partial charge in [-0.15, -0.1) is 0 Å². The molecule has 0 spiro atoms. The van der Waals surface area contributed by atoms with Crippen molar-refractivity contribution in [2.75, 3.05) is 31.1 Å². The van der Waals surface area contributed by atoms with Crippen LogP contribution in [0.4, 0.5) is 5.82 Å². The quantitative estimate of drug-likeness (QED) is 0.838. The van der Waals surface area contributed by atoms with Crippen molar-refractivity contribution in [3.8, 4) is 0 Å². The zero-order valence-corrected chi connectivity index (χ0v) is 13.7. The predicted molar refractivity (Wildman–Crippen MR) is 87.8 cm³/mol. The summed E-state index contributed by atoms with van der Waals surface area (Å²) < 4.78 is 5.91. The van der Waals surface area contributed by atoms with Gasteiger partial charge < -0.3 is 15.0 Å². The summed E-state index contributed by atoms with van der Waals surface area (Å²) in [4.78, 5) is 7.16. The number of hydrogen-bond donors (Lipinski definition) is 1. The van der Waals surface area contributed by atoms with Gasteiger partial charge in [-0.3, -0.25) is 0 Å². The van der Waals surface area contributed by atoms with Gasteiger partial charge >= 0.3 is 0 Å². The molecule has 1 N–H and O–H groups in total. The molecular weight excluding hydrogens is 262 g/mol. The first-order chi connectivity index (χ1) is 10.2. The van der Waals surface area contributed by atoms with Gasteiger partial charge in [0.15, 0.2) is 0 Å². The topological polar surface area (TPSA) is 37.4 Å². The molecular formula is C17H29N3O. The van der Waals surface area contributed by atoms with Gasteiger partial charge in [0.05, 0.1) is 6.10 Å². The van der Waals surface area contributed by atoms with E-state index in [4.69, 9.17) is 9.72 Å². The lowest BCUT2D eigenvalue weighted by atomic mass is 10.1. The normalized spacial score (nSPS) is 19.0. The number of aromatic nitrogens is 1. The van der Waals surface area contributed by atoms with Gasteiger partial charge in [-0.1, -0.05) is 19.9 Å². The van der Waals surface area contributed by atoms with Gasteiger partial charge in [0.1, 0.15) is 5.82 Å². The summed E-state index contributed by atoms with van der Waals surface area (Å²) in [5, 5.41) is 3.36. The van der Waals surface area contributed by atoms with E-state index in [0.29, 0.717) is 6.10 Å². The Hall–Kier alpha value is -1.13. The molecule has 1 unspecified atom stereocenters. The van der Waals surface area contributed by atoms with E-state index >= 15 is 0 Å². The third-order valence-electron chi connectivity index (χ3n) is 4.01. The summed E-state index contributed by atoms with van der Waals surface area (Å²) in [5.74, 6) is 1.09. The zero-order valence-electron chi connectivity index (χ0n) is 13.7. The fraction of sp³-hybridized carbons (Fsp3) is 0.706. The SMILES string of the molecule is CCCOC1CCCN(c2ccc(CNCC)c(C)n2)C1. The van der Waals surface area contributed by atoms with E-state index in [9.17, 15) is 0 Å². The maximum absolute atomic E-state index is 5.91. The first kappa shape index (κ1) is 16.2. The molecule has 0 aliphatic carbocycles. The third-order valence-corrected chi connectivity index (χ3v) is 4.01. The summed E-state index contributed by atoms with van der Waals surface area (Å²) in [7, 11) is 0. The highest BCUT2D eigenvalue weighted by molar-refractivity contribution is 5.42. The maximum atomic E-state index is 5.91. The van der Waals surface area contributed by atoms with E-state index in [-0.39, 0.29) is 0 Å². The van der Waals surface area contributed by atoms with Crippen LogP contribution in [0.15, 0.2) is 12.1 Å². The van der Waals surface area contributed by atoms with Crippen LogP contribution in [-0.4, -0.2) is 37.3 Å². The number of hydrogen-bond acceptors (Lipinski definition) is 4. The Bertz CT molecular complexity index is 436. The number of anilines is 1. The van der Waals surface area contributed by atoms with Crippen LogP contribution in [0.25, 0.3) is 0 Å². The monoisotopic (exact) mass is 291 g/mol. The number of rotatable bonds is 7. The van der Waals surface area contributed by atoms with Crippen LogP contribution in [0.1, 0.15) is 44.4 Å². The lowest BCUT2D eigenvalue weighted by Gasteiger charge is -2.33. The summed E-state index contributed by atoms with van der Waals surface area (Å²) in [5.41, 5.74) is 2.42. The second-order valence-electron chi connectivity index (χ2n) is 5.78. The molecule has 0 saturated carbocycles. The van der Waals surface area contributed by atoms with E-state index < -0.39 is 0 Å². The Labute approximate surface area is 128 Å². The first-order valence-electron chi connectivity index (χ1n) is 8.28. The second kappa shape index (κ2) is 8.35. The molecule has 1 fully saturated rings. The minimum atomic E-state index is 0.363. The molecule has 1 aromatic heterocycles. The number of ether oxygens (including phenoxy) is 1. The molecule has 1 aliphatic heterocycles. The highest BCUT2D eigenvalue weighted by Crippen LogP contribution is 2.21. The molecule has 21 heavy (non-hydrogen) atoms. The fourth-order valence-electron chi connectivity index (χ4n) is 2.77. The smallest absolute Gasteiger partial charge is 0.128 e. The standard InChI is InChI=1S/C17H29N3O/c1-4-11-21-16-7-6-10-20(13-16)17-9-8-15(12-18-5-2)14(3)19-17/h8-9,16,18H,4-7,10-13H2,1-3H3. The highest BCUT2D eigenvalue weighted by atomic mass is 16.5. The first-order valence-corrected chi connectivity index (χ1v) is 8.28. The molecule has 1 atom stereocenters. The number of piperidine rings is 1. The molecule has 0 aromatic carbocycles. The van der Waals surface area contributed by atoms with Gasteiger partial charge in [0.2, 0.25) is 0 Å². The Morgan fingerprint density at radius 2 is 2.24 bits per heavy atom. The number of nitrogens with one attached hydrogen (secondary N) is 1. The van der Waals surface area contributed by atoms with Crippen LogP contribution in [0, 0.1) is 6.92 Å². The largest absolute Gasteiger partial charge is 0.376 e. The highest BCUT2D eigenvalue weighted by Gasteiger charge is 2.21. The summed E-state index contributed by atoms with van der Waals surface area (Å²) in [6.45, 7) is 11.2. The van der Waals surface area contributed by atoms with Crippen molar-refractivity contribution in [2.24, 2.45) is 0 Å². The van der Waals surface area contributed by atoms with Gasteiger partial charge in [0.25, 0.3) is 0 Å². The van der Waals surface area contributed by atoms with Gasteiger partial charge in [0, 0.05) is 31.9 Å². The lowest BCUT2D eigenvalue weighted by Crippen LogP contribution is -2.40. The average molecular weight is 291 g/mol. The minimum Gasteiger partial charge on any atom is -0.376 e. The molecule has 4 nitrogen and oxygen atoms in total. The molecule has 0 amide bonds. The van der Waals surface area contributed by atoms with Crippen molar-refractivity contribution in [3.63, 3.8) is 0 Å². The Kier molecular flexibility index (Phi) is 6.46. The summed E-state index contributed by atoms with van der Waals surface area (Å²) >= 11 is 0. The number of nitrogens with zero attached hydrogens (tertiary/aromatic N) is 2. The molecule has 1 aliphatic rings. The van der Waals surface area contributed by atoms with Crippen LogP contribution in [0.5, 0.6) is 0 Å². The fourth-order valence-corrected chi connectivity index (χ4v) is 2.77. The minimum absolute atomic E-state index is 0.363. The van der Waals surface area contributed by atoms with Crippen LogP contribution in [-0.2, 0) is 11.3 Å². The molecule has 2 heterocycles. The molecule has 0 radical (unpaired) electrons. The maximum Gasteiger partial charge on any atom is 0.128 e. The van der Waals surface area contributed by atoms with Gasteiger partial charge in [-0.25, -0.2) is 4.98 Å². The van der Waals surface area contributed by atoms with Crippen LogP contribution in [0.3, 0.4) is 0 Å². The van der Waals surface area contributed by atoms with Gasteiger partial charge in [-0.05, 0) is 44.4 Å². The Balaban J connectivity index is 1.98. The third kappa shape index (κ3) is 4.68. The number of pyridine rings is 1. The molecule has 1 saturated heterocycles. The van der Waals surface area contributed by atoms with Crippen molar-refractivity contribution in [1.82, 2.24) is 10.3 Å². The van der Waals surface area contributed by atoms with Crippen molar-refractivity contribution >= 4 is 5.82 Å². The van der Waals surface area contributed by atoms with E-state index in [1.807, 2.05) is 0 Å². The van der Waals surface area contributed by atoms with Crippen molar-refractivity contribution in [2.45, 2.75) is 52.7 Å². The van der Waals surface area contributed by atoms with Crippen molar-refractivity contribution < 1.29 is 4.74 Å². The van der Waals surface area contributed by atoms with Crippen LogP contribution in [0.2, 0.25) is 0 Å². The van der Waals surface area contributed by atoms with Crippen molar-refractivity contribution in [1.29, 1.82) is 0 Å². The molecule has 4 heteroatoms. The number of aryl methyl sites for hydroxylation is 1. The second-order valence-corrected chi connectivity index (χ2v) is 5.78. The van der Waals surface area contributed by atoms with E-state index in [1.54, 1.807) is 0 Å². The Morgan fingerprint density at radius 3 is 2.95 bits per heavy atom. The molecule has 0 bridgehead atoms. The van der Waals surface area contributed by atoms with Gasteiger partial charge in [-0.2, -0.15) is 0 Å². The van der Waals surface area contributed by atoms with Crippen molar-refractivity contribution in [3.05, 3.63) is 23.4 Å². The lowest BCUT2D eigenvalue weighted by molar-refractivity contribution is 0.0439. The Morgan fingerprint density at radius 1 is 1.38 bits per heavy atom. The van der Waals surface area contributed by atoms with Crippen LogP contribution < -0.4 is 10.2 Å². The van der Waals surface area contributed by atoms with E-state index in [0.717, 1.165) is 50.7 Å². The average Bonchev–Trinajstić information content (AvgIpc) is 2.52. The summed E-state index contributed by atoms with van der Waals surface area (Å²) in [6.07, 6.45) is 3.82. The van der Waals surface area contributed by atoms with E-state index in [1.165, 1.54) is 18.4 Å². The van der Waals surface area contributed by atoms with Crippen LogP contribution >= 0.6 is 0 Å². The zero-order chi connectivity index (χ0) is 15.1. The molecule has 1 aromatic rings. The summed E-state index contributed by atoms with van der Waals surface area (Å²) in [6, 6.07) is 4.36. The molecule has 118 valence electrons. The predicted octanol–water partition coefficient (Wildman–Crippen LogP) is 2.89. The van der Waals surface area contributed by atoms with E-state index in [2.05, 4.69) is 43.1 Å². The molecule has 2 rings (SSSR count).